The fourth-order valence-corrected chi connectivity index (χ4v) is 3.13. The largest absolute Gasteiger partial charge is 0.321 e. The van der Waals surface area contributed by atoms with Crippen LogP contribution in [0.3, 0.4) is 0 Å². The summed E-state index contributed by atoms with van der Waals surface area (Å²) in [6, 6.07) is 19.5. The lowest BCUT2D eigenvalue weighted by Crippen LogP contribution is -2.11. The van der Waals surface area contributed by atoms with Crippen molar-refractivity contribution in [3.8, 4) is 11.1 Å². The molecule has 3 rings (SSSR count). The molecular formula is C17H12BrNOS. The van der Waals surface area contributed by atoms with Crippen molar-refractivity contribution in [2.75, 3.05) is 5.32 Å². The Hall–Kier alpha value is -1.91. The number of rotatable bonds is 3. The number of halogens is 1. The predicted octanol–water partition coefficient (Wildman–Crippen LogP) is 5.43. The fraction of sp³-hybridized carbons (Fsp3) is 0. The summed E-state index contributed by atoms with van der Waals surface area (Å²) in [5.74, 6) is -0.0776. The van der Waals surface area contributed by atoms with E-state index in [1.54, 1.807) is 0 Å². The summed E-state index contributed by atoms with van der Waals surface area (Å²) in [6.07, 6.45) is 0. The Morgan fingerprint density at radius 1 is 0.952 bits per heavy atom. The van der Waals surface area contributed by atoms with E-state index in [2.05, 4.69) is 21.2 Å². The van der Waals surface area contributed by atoms with Gasteiger partial charge in [-0.2, -0.15) is 0 Å². The lowest BCUT2D eigenvalue weighted by Gasteiger charge is -2.06. The van der Waals surface area contributed by atoms with Gasteiger partial charge < -0.3 is 5.32 Å². The van der Waals surface area contributed by atoms with E-state index in [0.29, 0.717) is 0 Å². The zero-order chi connectivity index (χ0) is 14.7. The van der Waals surface area contributed by atoms with Crippen LogP contribution in [0, 0.1) is 0 Å². The van der Waals surface area contributed by atoms with E-state index in [1.807, 2.05) is 66.0 Å². The molecule has 1 heterocycles. The molecule has 0 saturated heterocycles. The number of hydrogen-bond donors (Lipinski definition) is 1. The van der Waals surface area contributed by atoms with Gasteiger partial charge in [-0.3, -0.25) is 4.79 Å². The Bertz CT molecular complexity index is 750. The third-order valence-electron chi connectivity index (χ3n) is 3.06. The molecule has 0 unspecified atom stereocenters. The van der Waals surface area contributed by atoms with Crippen molar-refractivity contribution in [3.05, 3.63) is 75.4 Å². The van der Waals surface area contributed by atoms with E-state index in [0.717, 1.165) is 26.2 Å². The average molecular weight is 358 g/mol. The number of anilines is 1. The summed E-state index contributed by atoms with van der Waals surface area (Å²) in [7, 11) is 0. The van der Waals surface area contributed by atoms with E-state index in [1.165, 1.54) is 11.3 Å². The molecule has 4 heteroatoms. The molecule has 1 N–H and O–H groups in total. The third kappa shape index (κ3) is 3.23. The Kier molecular flexibility index (Phi) is 4.18. The van der Waals surface area contributed by atoms with Crippen molar-refractivity contribution >= 4 is 38.9 Å². The van der Waals surface area contributed by atoms with Crippen molar-refractivity contribution in [2.45, 2.75) is 0 Å². The highest BCUT2D eigenvalue weighted by Crippen LogP contribution is 2.29. The average Bonchev–Trinajstić information content (AvgIpc) is 3.00. The number of carbonyl (C=O) groups is 1. The van der Waals surface area contributed by atoms with Gasteiger partial charge in [0.1, 0.15) is 0 Å². The molecule has 2 aromatic carbocycles. The second-order valence-corrected chi connectivity index (χ2v) is 6.32. The maximum atomic E-state index is 12.4. The van der Waals surface area contributed by atoms with Crippen LogP contribution in [0.1, 0.15) is 9.67 Å². The van der Waals surface area contributed by atoms with Gasteiger partial charge in [-0.25, -0.2) is 0 Å². The summed E-state index contributed by atoms with van der Waals surface area (Å²) < 4.78 is 0.988. The molecule has 0 spiro atoms. The fourth-order valence-electron chi connectivity index (χ4n) is 2.05. The molecule has 1 aromatic heterocycles. The molecule has 0 aliphatic heterocycles. The zero-order valence-electron chi connectivity index (χ0n) is 11.0. The number of benzene rings is 2. The van der Waals surface area contributed by atoms with Gasteiger partial charge in [0.2, 0.25) is 0 Å². The van der Waals surface area contributed by atoms with E-state index >= 15 is 0 Å². The van der Waals surface area contributed by atoms with Gasteiger partial charge in [0.25, 0.3) is 5.91 Å². The molecule has 104 valence electrons. The number of carbonyl (C=O) groups excluding carboxylic acids is 1. The first-order valence-electron chi connectivity index (χ1n) is 6.44. The van der Waals surface area contributed by atoms with Crippen LogP contribution in [0.2, 0.25) is 0 Å². The molecule has 0 atom stereocenters. The van der Waals surface area contributed by atoms with Crippen LogP contribution in [-0.2, 0) is 0 Å². The van der Waals surface area contributed by atoms with Gasteiger partial charge in [0, 0.05) is 15.7 Å². The van der Waals surface area contributed by atoms with Gasteiger partial charge >= 0.3 is 0 Å². The first-order chi connectivity index (χ1) is 10.2. The Labute approximate surface area is 135 Å². The number of nitrogens with one attached hydrogen (secondary N) is 1. The second-order valence-electron chi connectivity index (χ2n) is 4.49. The highest BCUT2D eigenvalue weighted by molar-refractivity contribution is 9.10. The highest BCUT2D eigenvalue weighted by atomic mass is 79.9. The Morgan fingerprint density at radius 2 is 1.67 bits per heavy atom. The topological polar surface area (TPSA) is 29.1 Å². The number of thiophene rings is 1. The number of amides is 1. The highest BCUT2D eigenvalue weighted by Gasteiger charge is 2.14. The van der Waals surface area contributed by atoms with Gasteiger partial charge in [0.05, 0.1) is 4.88 Å². The predicted molar refractivity (Wildman–Crippen MR) is 91.9 cm³/mol. The van der Waals surface area contributed by atoms with Crippen LogP contribution in [0.25, 0.3) is 11.1 Å². The molecule has 0 aliphatic rings. The van der Waals surface area contributed by atoms with E-state index in [4.69, 9.17) is 0 Å². The molecule has 0 saturated carbocycles. The Balaban J connectivity index is 1.86. The molecule has 2 nitrogen and oxygen atoms in total. The van der Waals surface area contributed by atoms with Gasteiger partial charge in [-0.1, -0.05) is 46.3 Å². The SMILES string of the molecule is O=C(Nc1ccc(Br)cc1)c1sccc1-c1ccccc1. The maximum Gasteiger partial charge on any atom is 0.266 e. The summed E-state index contributed by atoms with van der Waals surface area (Å²) in [6.45, 7) is 0. The zero-order valence-corrected chi connectivity index (χ0v) is 13.4. The minimum absolute atomic E-state index is 0.0776. The van der Waals surface area contributed by atoms with Crippen molar-refractivity contribution in [3.63, 3.8) is 0 Å². The van der Waals surface area contributed by atoms with E-state index < -0.39 is 0 Å². The van der Waals surface area contributed by atoms with Gasteiger partial charge in [-0.15, -0.1) is 11.3 Å². The molecule has 0 bridgehead atoms. The standard InChI is InChI=1S/C17H12BrNOS/c18-13-6-8-14(9-7-13)19-17(20)16-15(10-11-21-16)12-4-2-1-3-5-12/h1-11H,(H,19,20). The van der Waals surface area contributed by atoms with Crippen LogP contribution in [0.5, 0.6) is 0 Å². The lowest BCUT2D eigenvalue weighted by atomic mass is 10.1. The monoisotopic (exact) mass is 357 g/mol. The van der Waals surface area contributed by atoms with Crippen molar-refractivity contribution in [1.29, 1.82) is 0 Å². The normalized spacial score (nSPS) is 10.3. The first-order valence-corrected chi connectivity index (χ1v) is 8.11. The van der Waals surface area contributed by atoms with Crippen molar-refractivity contribution in [1.82, 2.24) is 0 Å². The van der Waals surface area contributed by atoms with Crippen LogP contribution in [0.15, 0.2) is 70.5 Å². The summed E-state index contributed by atoms with van der Waals surface area (Å²) in [5.41, 5.74) is 2.81. The minimum Gasteiger partial charge on any atom is -0.321 e. The summed E-state index contributed by atoms with van der Waals surface area (Å²) in [4.78, 5) is 13.2. The molecule has 0 radical (unpaired) electrons. The molecule has 3 aromatic rings. The third-order valence-corrected chi connectivity index (χ3v) is 4.50. The Morgan fingerprint density at radius 3 is 2.38 bits per heavy atom. The van der Waals surface area contributed by atoms with Crippen LogP contribution < -0.4 is 5.32 Å². The van der Waals surface area contributed by atoms with Crippen LogP contribution in [0.4, 0.5) is 5.69 Å². The van der Waals surface area contributed by atoms with Crippen molar-refractivity contribution in [2.24, 2.45) is 0 Å². The lowest BCUT2D eigenvalue weighted by molar-refractivity contribution is 0.103. The van der Waals surface area contributed by atoms with E-state index in [9.17, 15) is 4.79 Å². The minimum atomic E-state index is -0.0776. The van der Waals surface area contributed by atoms with Gasteiger partial charge in [0.15, 0.2) is 0 Å². The molecule has 21 heavy (non-hydrogen) atoms. The second kappa shape index (κ2) is 6.24. The van der Waals surface area contributed by atoms with Crippen molar-refractivity contribution < 1.29 is 4.79 Å². The molecule has 0 aliphatic carbocycles. The smallest absolute Gasteiger partial charge is 0.266 e. The molecule has 1 amide bonds. The van der Waals surface area contributed by atoms with Crippen LogP contribution >= 0.6 is 27.3 Å². The molecule has 0 fully saturated rings. The summed E-state index contributed by atoms with van der Waals surface area (Å²) >= 11 is 4.84. The molecular weight excluding hydrogens is 346 g/mol. The van der Waals surface area contributed by atoms with E-state index in [-0.39, 0.29) is 5.91 Å². The summed E-state index contributed by atoms with van der Waals surface area (Å²) in [5, 5.41) is 4.88. The maximum absolute atomic E-state index is 12.4. The quantitative estimate of drug-likeness (QED) is 0.665. The first kappa shape index (κ1) is 14.0. The number of hydrogen-bond acceptors (Lipinski definition) is 2. The van der Waals surface area contributed by atoms with Crippen LogP contribution in [-0.4, -0.2) is 5.91 Å². The van der Waals surface area contributed by atoms with Gasteiger partial charge in [-0.05, 0) is 41.3 Å².